The van der Waals surface area contributed by atoms with E-state index in [4.69, 9.17) is 20.0 Å². The van der Waals surface area contributed by atoms with Crippen LogP contribution in [0.1, 0.15) is 27.9 Å². The van der Waals surface area contributed by atoms with Crippen molar-refractivity contribution in [3.8, 4) is 34.8 Å². The van der Waals surface area contributed by atoms with Crippen LogP contribution >= 0.6 is 31.9 Å². The average Bonchev–Trinajstić information content (AvgIpc) is 2.84. The number of carbonyl (C=O) groups is 1. The Morgan fingerprint density at radius 1 is 0.941 bits per heavy atom. The summed E-state index contributed by atoms with van der Waals surface area (Å²) in [5.41, 5.74) is -0.557. The van der Waals surface area contributed by atoms with E-state index < -0.39 is 45.3 Å². The van der Waals surface area contributed by atoms with Gasteiger partial charge in [0.25, 0.3) is 0 Å². The van der Waals surface area contributed by atoms with E-state index in [9.17, 15) is 18.0 Å². The molecule has 3 aromatic rings. The first-order valence-corrected chi connectivity index (χ1v) is 11.6. The maximum absolute atomic E-state index is 14.5. The largest absolute Gasteiger partial charge is 0.451 e. The molecule has 0 radical (unpaired) electrons. The zero-order chi connectivity index (χ0) is 24.8. The molecular weight excluding hydrogens is 581 g/mol. The molecule has 0 amide bonds. The number of alkyl halides is 2. The first-order valence-electron chi connectivity index (χ1n) is 9.61. The Morgan fingerprint density at radius 2 is 1.56 bits per heavy atom. The van der Waals surface area contributed by atoms with Gasteiger partial charge in [-0.05, 0) is 45.3 Å². The van der Waals surface area contributed by atoms with Gasteiger partial charge in [-0.1, -0.05) is 46.3 Å². The number of hydrogen-bond acceptors (Lipinski definition) is 5. The van der Waals surface area contributed by atoms with Gasteiger partial charge >= 0.3 is 5.97 Å². The predicted molar refractivity (Wildman–Crippen MR) is 124 cm³/mol. The van der Waals surface area contributed by atoms with Crippen LogP contribution in [0.5, 0.6) is 11.5 Å². The Bertz CT molecular complexity index is 1320. The second-order valence-corrected chi connectivity index (χ2v) is 8.52. The Hall–Kier alpha value is -3.34. The zero-order valence-corrected chi connectivity index (χ0v) is 20.3. The number of carbonyl (C=O) groups excluding carboxylic acids is 1. The van der Waals surface area contributed by atoms with E-state index in [-0.39, 0.29) is 5.75 Å². The van der Waals surface area contributed by atoms with Crippen molar-refractivity contribution in [2.75, 3.05) is 5.33 Å². The van der Waals surface area contributed by atoms with E-state index in [1.165, 1.54) is 36.4 Å². The fourth-order valence-corrected chi connectivity index (χ4v) is 4.42. The van der Waals surface area contributed by atoms with Crippen molar-refractivity contribution in [1.82, 2.24) is 0 Å². The van der Waals surface area contributed by atoms with E-state index in [1.54, 1.807) is 24.3 Å². The van der Waals surface area contributed by atoms with Gasteiger partial charge in [-0.25, -0.2) is 13.6 Å². The van der Waals surface area contributed by atoms with Crippen LogP contribution in [0, 0.1) is 40.1 Å². The summed E-state index contributed by atoms with van der Waals surface area (Å²) in [7, 11) is 0. The maximum atomic E-state index is 14.5. The van der Waals surface area contributed by atoms with Crippen molar-refractivity contribution >= 4 is 37.8 Å². The standard InChI is InChI=1S/C24H13Br2F3N2O3/c25-10-9-19(26)34-24(32)16-4-2-1-3-15(16)13-5-7-14(8-6-13)33-23-21(28)18(12-31)17(11-30)20(27)22(23)29/h1-8,19H,9-10H2. The first kappa shape index (κ1) is 25.3. The minimum Gasteiger partial charge on any atom is -0.451 e. The van der Waals surface area contributed by atoms with Crippen LogP contribution in [0.15, 0.2) is 48.5 Å². The van der Waals surface area contributed by atoms with Crippen LogP contribution < -0.4 is 4.74 Å². The molecule has 5 nitrogen and oxygen atoms in total. The van der Waals surface area contributed by atoms with Gasteiger partial charge in [0.2, 0.25) is 11.6 Å². The molecule has 1 unspecified atom stereocenters. The van der Waals surface area contributed by atoms with E-state index in [1.807, 2.05) is 0 Å². The SMILES string of the molecule is N#Cc1c(F)c(F)c(Oc2ccc(-c3ccccc3C(=O)OC(Br)CCBr)cc2)c(F)c1C#N. The van der Waals surface area contributed by atoms with Crippen LogP contribution in [0.25, 0.3) is 11.1 Å². The number of rotatable bonds is 7. The summed E-state index contributed by atoms with van der Waals surface area (Å²) in [6.07, 6.45) is 0.566. The molecule has 0 aliphatic rings. The van der Waals surface area contributed by atoms with E-state index in [0.717, 1.165) is 0 Å². The van der Waals surface area contributed by atoms with Crippen molar-refractivity contribution in [2.24, 2.45) is 0 Å². The highest BCUT2D eigenvalue weighted by Gasteiger charge is 2.27. The lowest BCUT2D eigenvalue weighted by Crippen LogP contribution is -2.13. The summed E-state index contributed by atoms with van der Waals surface area (Å²) in [5.74, 6) is -6.63. The molecule has 0 heterocycles. The van der Waals surface area contributed by atoms with Crippen LogP contribution in [-0.2, 0) is 4.74 Å². The number of halogens is 5. The van der Waals surface area contributed by atoms with Crippen LogP contribution in [0.2, 0.25) is 0 Å². The summed E-state index contributed by atoms with van der Waals surface area (Å²) in [4.78, 5) is 12.6. The molecule has 0 aliphatic heterocycles. The number of benzene rings is 3. The molecule has 0 bridgehead atoms. The van der Waals surface area contributed by atoms with Crippen molar-refractivity contribution in [3.63, 3.8) is 0 Å². The predicted octanol–water partition coefficient (Wildman–Crippen LogP) is 6.97. The second-order valence-electron chi connectivity index (χ2n) is 6.71. The van der Waals surface area contributed by atoms with Gasteiger partial charge < -0.3 is 9.47 Å². The molecule has 0 N–H and O–H groups in total. The normalized spacial score (nSPS) is 11.3. The number of nitrogens with zero attached hydrogens (tertiary/aromatic N) is 2. The number of nitriles is 2. The zero-order valence-electron chi connectivity index (χ0n) is 17.1. The lowest BCUT2D eigenvalue weighted by atomic mass is 9.99. The van der Waals surface area contributed by atoms with Crippen LogP contribution in [0.4, 0.5) is 13.2 Å². The second kappa shape index (κ2) is 11.2. The number of esters is 1. The van der Waals surface area contributed by atoms with Gasteiger partial charge in [-0.3, -0.25) is 0 Å². The Morgan fingerprint density at radius 3 is 2.18 bits per heavy atom. The lowest BCUT2D eigenvalue weighted by Gasteiger charge is -2.14. The fraction of sp³-hybridized carbons (Fsp3) is 0.125. The van der Waals surface area contributed by atoms with Gasteiger partial charge in [-0.15, -0.1) is 0 Å². The molecule has 3 aromatic carbocycles. The highest BCUT2D eigenvalue weighted by molar-refractivity contribution is 9.10. The summed E-state index contributed by atoms with van der Waals surface area (Å²) in [6, 6.07) is 15.1. The van der Waals surface area contributed by atoms with E-state index in [0.29, 0.717) is 28.4 Å². The lowest BCUT2D eigenvalue weighted by molar-refractivity contribution is 0.0467. The smallest absolute Gasteiger partial charge is 0.339 e. The van der Waals surface area contributed by atoms with Crippen molar-refractivity contribution in [2.45, 2.75) is 11.4 Å². The minimum atomic E-state index is -1.72. The molecule has 172 valence electrons. The Kier molecular flexibility index (Phi) is 8.32. The van der Waals surface area contributed by atoms with Crippen molar-refractivity contribution in [1.29, 1.82) is 10.5 Å². The first-order chi connectivity index (χ1) is 16.3. The third-order valence-electron chi connectivity index (χ3n) is 4.61. The summed E-state index contributed by atoms with van der Waals surface area (Å²) in [5, 5.41) is 18.1. The minimum absolute atomic E-state index is 0.0625. The van der Waals surface area contributed by atoms with Gasteiger partial charge in [0, 0.05) is 11.8 Å². The van der Waals surface area contributed by atoms with Gasteiger partial charge in [0.05, 0.1) is 5.56 Å². The van der Waals surface area contributed by atoms with Gasteiger partial charge in [0.15, 0.2) is 16.6 Å². The van der Waals surface area contributed by atoms with Gasteiger partial charge in [0.1, 0.15) is 29.0 Å². The molecule has 0 saturated carbocycles. The third kappa shape index (κ3) is 5.24. The molecule has 10 heteroatoms. The summed E-state index contributed by atoms with van der Waals surface area (Å²) < 4.78 is 53.5. The molecule has 3 rings (SSSR count). The van der Waals surface area contributed by atoms with Crippen molar-refractivity contribution < 1.29 is 27.4 Å². The van der Waals surface area contributed by atoms with E-state index in [2.05, 4.69) is 31.9 Å². The molecule has 0 aromatic heterocycles. The van der Waals surface area contributed by atoms with E-state index >= 15 is 0 Å². The summed E-state index contributed by atoms with van der Waals surface area (Å²) in [6.45, 7) is 0. The topological polar surface area (TPSA) is 83.1 Å². The molecule has 1 atom stereocenters. The number of hydrogen-bond donors (Lipinski definition) is 0. The molecule has 0 aliphatic carbocycles. The van der Waals surface area contributed by atoms with Gasteiger partial charge in [-0.2, -0.15) is 14.9 Å². The molecule has 0 fully saturated rings. The highest BCUT2D eigenvalue weighted by Crippen LogP contribution is 2.35. The molecule has 34 heavy (non-hydrogen) atoms. The average molecular weight is 594 g/mol. The summed E-state index contributed by atoms with van der Waals surface area (Å²) >= 11 is 6.55. The maximum Gasteiger partial charge on any atom is 0.339 e. The quantitative estimate of drug-likeness (QED) is 0.168. The molecular formula is C24H13Br2F3N2O3. The third-order valence-corrected chi connectivity index (χ3v) is 5.71. The van der Waals surface area contributed by atoms with Crippen LogP contribution in [-0.4, -0.2) is 16.3 Å². The Balaban J connectivity index is 1.91. The molecule has 0 spiro atoms. The highest BCUT2D eigenvalue weighted by atomic mass is 79.9. The monoisotopic (exact) mass is 592 g/mol. The Labute approximate surface area is 209 Å². The van der Waals surface area contributed by atoms with Crippen molar-refractivity contribution in [3.05, 3.63) is 82.7 Å². The fourth-order valence-electron chi connectivity index (χ4n) is 3.00. The number of ether oxygens (including phenoxy) is 2. The van der Waals surface area contributed by atoms with Crippen LogP contribution in [0.3, 0.4) is 0 Å². The molecule has 0 saturated heterocycles.